The molecule has 5 nitrogen and oxygen atoms in total. The molecule has 0 aliphatic carbocycles. The minimum absolute atomic E-state index is 0.919. The van der Waals surface area contributed by atoms with Crippen molar-refractivity contribution < 1.29 is 0 Å². The second-order valence-electron chi connectivity index (χ2n) is 7.89. The second kappa shape index (κ2) is 9.57. The first-order valence-electron chi connectivity index (χ1n) is 11.3. The van der Waals surface area contributed by atoms with Gasteiger partial charge in [0.15, 0.2) is 5.13 Å². The van der Waals surface area contributed by atoms with Crippen LogP contribution in [0.2, 0.25) is 0 Å². The van der Waals surface area contributed by atoms with Gasteiger partial charge in [-0.3, -0.25) is 0 Å². The maximum absolute atomic E-state index is 4.90. The largest absolute Gasteiger partial charge is 0.372 e. The van der Waals surface area contributed by atoms with Crippen molar-refractivity contribution in [2.75, 3.05) is 23.3 Å². The Hall–Kier alpha value is -3.12. The van der Waals surface area contributed by atoms with Crippen LogP contribution >= 0.6 is 11.3 Å². The fourth-order valence-corrected chi connectivity index (χ4v) is 4.73. The van der Waals surface area contributed by atoms with Crippen molar-refractivity contribution in [2.45, 2.75) is 41.0 Å². The molecule has 4 rings (SSSR count). The number of hydrogen-bond acceptors (Lipinski definition) is 5. The highest BCUT2D eigenvalue weighted by Gasteiger charge is 2.12. The Morgan fingerprint density at radius 2 is 1.75 bits per heavy atom. The molecule has 0 radical (unpaired) electrons. The number of benzene rings is 2. The first-order valence-corrected chi connectivity index (χ1v) is 12.1. The zero-order valence-electron chi connectivity index (χ0n) is 19.5. The van der Waals surface area contributed by atoms with Crippen molar-refractivity contribution >= 4 is 27.8 Å². The highest BCUT2D eigenvalue weighted by atomic mass is 32.1. The zero-order valence-corrected chi connectivity index (χ0v) is 20.3. The molecule has 0 bridgehead atoms. The molecule has 0 saturated carbocycles. The Labute approximate surface area is 194 Å². The van der Waals surface area contributed by atoms with Crippen LogP contribution in [0.25, 0.3) is 16.9 Å². The van der Waals surface area contributed by atoms with Crippen molar-refractivity contribution in [2.24, 2.45) is 0 Å². The fraction of sp³-hybridized carbons (Fsp3) is 0.308. The van der Waals surface area contributed by atoms with Gasteiger partial charge in [0.05, 0.1) is 17.7 Å². The number of nitrogens with one attached hydrogen (secondary N) is 1. The molecule has 0 spiro atoms. The van der Waals surface area contributed by atoms with Gasteiger partial charge in [0.1, 0.15) is 0 Å². The number of anilines is 3. The smallest absolute Gasteiger partial charge is 0.187 e. The summed E-state index contributed by atoms with van der Waals surface area (Å²) in [4.78, 5) is 12.9. The zero-order chi connectivity index (χ0) is 22.7. The summed E-state index contributed by atoms with van der Waals surface area (Å²) in [5.41, 5.74) is 7.94. The van der Waals surface area contributed by atoms with Crippen molar-refractivity contribution in [3.8, 4) is 16.9 Å². The summed E-state index contributed by atoms with van der Waals surface area (Å²) in [6, 6.07) is 15.1. The van der Waals surface area contributed by atoms with E-state index in [1.807, 2.05) is 6.33 Å². The quantitative estimate of drug-likeness (QED) is 0.325. The van der Waals surface area contributed by atoms with Gasteiger partial charge in [0.25, 0.3) is 0 Å². The van der Waals surface area contributed by atoms with E-state index in [1.54, 1.807) is 11.3 Å². The van der Waals surface area contributed by atoms with Crippen molar-refractivity contribution in [1.29, 1.82) is 0 Å². The van der Waals surface area contributed by atoms with E-state index in [4.69, 9.17) is 4.98 Å². The van der Waals surface area contributed by atoms with Gasteiger partial charge in [-0.05, 0) is 70.0 Å². The van der Waals surface area contributed by atoms with E-state index in [0.717, 1.165) is 53.0 Å². The van der Waals surface area contributed by atoms with E-state index < -0.39 is 0 Å². The van der Waals surface area contributed by atoms with Crippen LogP contribution in [0.3, 0.4) is 0 Å². The summed E-state index contributed by atoms with van der Waals surface area (Å²) in [7, 11) is 0. The van der Waals surface area contributed by atoms with E-state index in [-0.39, 0.29) is 0 Å². The first kappa shape index (κ1) is 22.1. The molecular formula is C26H31N5S. The molecule has 1 N–H and O–H groups in total. The normalized spacial score (nSPS) is 11.0. The van der Waals surface area contributed by atoms with Gasteiger partial charge in [0.2, 0.25) is 0 Å². The third-order valence-corrected chi connectivity index (χ3v) is 6.70. The monoisotopic (exact) mass is 445 g/mol. The molecule has 6 heteroatoms. The summed E-state index contributed by atoms with van der Waals surface area (Å²) in [5, 5.41) is 4.45. The third-order valence-electron chi connectivity index (χ3n) is 5.81. The number of imidazole rings is 1. The number of hydrogen-bond donors (Lipinski definition) is 1. The maximum Gasteiger partial charge on any atom is 0.187 e. The maximum atomic E-state index is 4.90. The van der Waals surface area contributed by atoms with Crippen LogP contribution < -0.4 is 10.2 Å². The minimum Gasteiger partial charge on any atom is -0.372 e. The summed E-state index contributed by atoms with van der Waals surface area (Å²) < 4.78 is 2.06. The van der Waals surface area contributed by atoms with Crippen LogP contribution in [-0.2, 0) is 6.42 Å². The molecule has 0 aliphatic heterocycles. The van der Waals surface area contributed by atoms with Crippen molar-refractivity contribution in [3.05, 3.63) is 71.1 Å². The summed E-state index contributed by atoms with van der Waals surface area (Å²) in [6.45, 7) is 12.8. The molecule has 2 aromatic carbocycles. The first-order chi connectivity index (χ1) is 15.5. The third kappa shape index (κ3) is 4.55. The molecule has 0 aliphatic rings. The number of aryl methyl sites for hydroxylation is 3. The average molecular weight is 446 g/mol. The van der Waals surface area contributed by atoms with Gasteiger partial charge >= 0.3 is 0 Å². The number of thiazole rings is 1. The van der Waals surface area contributed by atoms with Crippen LogP contribution in [-0.4, -0.2) is 27.6 Å². The van der Waals surface area contributed by atoms with Crippen LogP contribution in [0.1, 0.15) is 36.9 Å². The molecule has 2 aromatic heterocycles. The van der Waals surface area contributed by atoms with Crippen LogP contribution in [0.15, 0.2) is 55.0 Å². The minimum atomic E-state index is 0.919. The van der Waals surface area contributed by atoms with Crippen molar-refractivity contribution in [1.82, 2.24) is 14.5 Å². The number of nitrogens with zero attached hydrogens (tertiary/aromatic N) is 4. The van der Waals surface area contributed by atoms with E-state index in [2.05, 4.69) is 103 Å². The van der Waals surface area contributed by atoms with E-state index in [9.17, 15) is 0 Å². The summed E-state index contributed by atoms with van der Waals surface area (Å²) in [5.74, 6) is 0. The van der Waals surface area contributed by atoms with Crippen LogP contribution in [0, 0.1) is 13.8 Å². The molecule has 2 heterocycles. The lowest BCUT2D eigenvalue weighted by Crippen LogP contribution is -2.21. The van der Waals surface area contributed by atoms with Gasteiger partial charge in [-0.25, -0.2) is 9.97 Å². The molecule has 4 aromatic rings. The number of aromatic nitrogens is 3. The highest BCUT2D eigenvalue weighted by molar-refractivity contribution is 7.16. The molecule has 0 saturated heterocycles. The molecule has 0 fully saturated rings. The van der Waals surface area contributed by atoms with Crippen LogP contribution in [0.4, 0.5) is 16.5 Å². The van der Waals surface area contributed by atoms with Gasteiger partial charge < -0.3 is 14.8 Å². The fourth-order valence-electron chi connectivity index (χ4n) is 3.89. The Morgan fingerprint density at radius 3 is 2.38 bits per heavy atom. The van der Waals surface area contributed by atoms with Crippen LogP contribution in [0.5, 0.6) is 0 Å². The Bertz CT molecular complexity index is 1190. The number of rotatable bonds is 8. The van der Waals surface area contributed by atoms with Gasteiger partial charge in [-0.1, -0.05) is 19.1 Å². The Morgan fingerprint density at radius 1 is 1.00 bits per heavy atom. The predicted octanol–water partition coefficient (Wildman–Crippen LogP) is 6.76. The van der Waals surface area contributed by atoms with E-state index >= 15 is 0 Å². The van der Waals surface area contributed by atoms with Gasteiger partial charge in [-0.2, -0.15) is 0 Å². The summed E-state index contributed by atoms with van der Waals surface area (Å²) in [6.07, 6.45) is 4.90. The molecular weight excluding hydrogens is 414 g/mol. The lowest BCUT2D eigenvalue weighted by Gasteiger charge is -2.22. The average Bonchev–Trinajstić information content (AvgIpc) is 3.43. The van der Waals surface area contributed by atoms with Crippen molar-refractivity contribution in [3.63, 3.8) is 0 Å². The van der Waals surface area contributed by atoms with E-state index in [0.29, 0.717) is 0 Å². The second-order valence-corrected chi connectivity index (χ2v) is 9.10. The van der Waals surface area contributed by atoms with Gasteiger partial charge in [0, 0.05) is 46.8 Å². The Kier molecular flexibility index (Phi) is 6.61. The SMILES string of the molecule is CCc1cn(-c2ccc(-c3nc(Nc4ccc(N(CC)CC)cc4C)sc3C)cc2)cn1. The van der Waals surface area contributed by atoms with Gasteiger partial charge in [-0.15, -0.1) is 11.3 Å². The standard InChI is InChI=1S/C26H31N5S/c1-6-21-16-31(17-27-21)22-11-9-20(10-12-22)25-19(5)32-26(29-25)28-24-14-13-23(15-18(24)4)30(7-2)8-3/h9-17H,6-8H2,1-5H3,(H,28,29). The predicted molar refractivity (Wildman–Crippen MR) is 137 cm³/mol. The molecule has 166 valence electrons. The lowest BCUT2D eigenvalue weighted by molar-refractivity contribution is 0.866. The summed E-state index contributed by atoms with van der Waals surface area (Å²) >= 11 is 1.69. The molecule has 0 amide bonds. The topological polar surface area (TPSA) is 46.0 Å². The lowest BCUT2D eigenvalue weighted by atomic mass is 10.1. The highest BCUT2D eigenvalue weighted by Crippen LogP contribution is 2.33. The Balaban J connectivity index is 1.53. The molecule has 32 heavy (non-hydrogen) atoms. The van der Waals surface area contributed by atoms with E-state index in [1.165, 1.54) is 16.1 Å². The molecule has 0 atom stereocenters. The molecule has 0 unspecified atom stereocenters.